The van der Waals surface area contributed by atoms with Gasteiger partial charge in [-0.15, -0.1) is 0 Å². The van der Waals surface area contributed by atoms with Gasteiger partial charge in [-0.2, -0.15) is 0 Å². The van der Waals surface area contributed by atoms with Crippen molar-refractivity contribution in [2.75, 3.05) is 0 Å². The third-order valence-corrected chi connectivity index (χ3v) is 9.25. The fourth-order valence-electron chi connectivity index (χ4n) is 1.99. The first-order chi connectivity index (χ1) is 15.2. The van der Waals surface area contributed by atoms with E-state index < -0.39 is 15.2 Å². The van der Waals surface area contributed by atoms with Gasteiger partial charge >= 0.3 is 185 Å². The zero-order valence-corrected chi connectivity index (χ0v) is 23.5. The standard InChI is InChI=1S/C11H11ClOSe.C11H12O2Se.Cl2OS/c2*1-2-10(11(12)13)14-8-9-6-4-3-5-7-9;1-4(2)3/h2-7,10H,1,8H2;2-7,10H,1,8H2,(H,12,13);. The summed E-state index contributed by atoms with van der Waals surface area (Å²) in [6.45, 7) is 7.13. The first kappa shape index (κ1) is 31.1. The summed E-state index contributed by atoms with van der Waals surface area (Å²) < 4.78 is 9.09. The summed E-state index contributed by atoms with van der Waals surface area (Å²) in [6.07, 6.45) is 3.16. The molecule has 0 aliphatic carbocycles. The van der Waals surface area contributed by atoms with Crippen LogP contribution >= 0.6 is 33.0 Å². The molecule has 0 spiro atoms. The quantitative estimate of drug-likeness (QED) is 0.207. The van der Waals surface area contributed by atoms with Crippen molar-refractivity contribution >= 4 is 83.3 Å². The molecule has 0 radical (unpaired) electrons. The van der Waals surface area contributed by atoms with Gasteiger partial charge in [0, 0.05) is 21.4 Å². The Labute approximate surface area is 218 Å². The Kier molecular flexibility index (Phi) is 19.0. The van der Waals surface area contributed by atoms with Crippen LogP contribution in [0.5, 0.6) is 0 Å². The van der Waals surface area contributed by atoms with Crippen LogP contribution in [-0.2, 0) is 29.5 Å². The number of rotatable bonds is 10. The van der Waals surface area contributed by atoms with Crippen LogP contribution in [0.2, 0.25) is 9.63 Å². The van der Waals surface area contributed by atoms with Gasteiger partial charge in [0.2, 0.25) is 9.23 Å². The Morgan fingerprint density at radius 2 is 1.22 bits per heavy atom. The molecule has 2 aromatic carbocycles. The second-order valence-corrected chi connectivity index (χ2v) is 13.4. The molecule has 1 N–H and O–H groups in total. The number of halogens is 3. The van der Waals surface area contributed by atoms with Crippen molar-refractivity contribution in [2.24, 2.45) is 0 Å². The molecule has 174 valence electrons. The third-order valence-electron chi connectivity index (χ3n) is 3.44. The van der Waals surface area contributed by atoms with Crippen molar-refractivity contribution < 1.29 is 18.9 Å². The summed E-state index contributed by atoms with van der Waals surface area (Å²) in [6, 6.07) is 20.0. The van der Waals surface area contributed by atoms with E-state index in [1.165, 1.54) is 17.2 Å². The number of carbonyl (C=O) groups excluding carboxylic acids is 1. The average Bonchev–Trinajstić information content (AvgIpc) is 2.76. The largest absolute Gasteiger partial charge is 0.225 e. The summed E-state index contributed by atoms with van der Waals surface area (Å²) in [5.41, 5.74) is 2.44. The average molecular weight is 648 g/mol. The number of carbonyl (C=O) groups is 2. The monoisotopic (exact) mass is 648 g/mol. The predicted molar refractivity (Wildman–Crippen MR) is 138 cm³/mol. The van der Waals surface area contributed by atoms with Crippen LogP contribution in [0, 0.1) is 0 Å². The number of allylic oxidation sites excluding steroid dienone is 1. The molecule has 0 saturated carbocycles. The maximum atomic E-state index is 10.9. The number of carboxylic acid groups (broad SMARTS) is 1. The summed E-state index contributed by atoms with van der Waals surface area (Å²) in [7, 11) is 7.36. The van der Waals surface area contributed by atoms with E-state index >= 15 is 0 Å². The summed E-state index contributed by atoms with van der Waals surface area (Å²) in [5, 5.41) is 10.3. The maximum Gasteiger partial charge on any atom is 0.211 e. The van der Waals surface area contributed by atoms with Gasteiger partial charge in [-0.25, -0.2) is 4.21 Å². The number of hydrogen-bond donors (Lipinski definition) is 1. The van der Waals surface area contributed by atoms with Gasteiger partial charge in [-0.3, -0.25) is 0 Å². The van der Waals surface area contributed by atoms with Crippen molar-refractivity contribution in [3.05, 3.63) is 97.1 Å². The van der Waals surface area contributed by atoms with Gasteiger partial charge in [0.15, 0.2) is 0 Å². The van der Waals surface area contributed by atoms with Gasteiger partial charge in [0.25, 0.3) is 0 Å². The predicted octanol–water partition coefficient (Wildman–Crippen LogP) is 5.62. The van der Waals surface area contributed by atoms with E-state index in [-0.39, 0.29) is 44.8 Å². The van der Waals surface area contributed by atoms with Crippen molar-refractivity contribution in [1.29, 1.82) is 0 Å². The topological polar surface area (TPSA) is 71.4 Å². The Balaban J connectivity index is 0.000000515. The van der Waals surface area contributed by atoms with Crippen LogP contribution in [0.3, 0.4) is 0 Å². The van der Waals surface area contributed by atoms with Crippen LogP contribution in [0.15, 0.2) is 86.0 Å². The first-order valence-electron chi connectivity index (χ1n) is 8.93. The molecule has 0 saturated heterocycles. The molecule has 2 atom stereocenters. The molecule has 0 fully saturated rings. The van der Waals surface area contributed by atoms with E-state index in [9.17, 15) is 9.59 Å². The summed E-state index contributed by atoms with van der Waals surface area (Å²) >= 11 is 5.63. The van der Waals surface area contributed by atoms with Gasteiger partial charge in [-0.05, 0) is 0 Å². The minimum atomic E-state index is -1.67. The van der Waals surface area contributed by atoms with E-state index in [2.05, 4.69) is 46.7 Å². The molecule has 0 aliphatic rings. The fourth-order valence-corrected chi connectivity index (χ4v) is 5.92. The van der Waals surface area contributed by atoms with Crippen LogP contribution in [0.4, 0.5) is 0 Å². The Morgan fingerprint density at radius 3 is 1.50 bits per heavy atom. The molecule has 4 nitrogen and oxygen atoms in total. The number of aliphatic carboxylic acids is 1. The Morgan fingerprint density at radius 1 is 0.875 bits per heavy atom. The zero-order chi connectivity index (χ0) is 24.4. The minimum Gasteiger partial charge on any atom is -0.225 e. The molecule has 0 aliphatic heterocycles. The SMILES string of the molecule is C=CC([Se]Cc1ccccc1)C(=O)Cl.C=CC([Se]Cc1ccccc1)C(=O)O.O=S(Cl)Cl. The molecule has 2 aromatic rings. The van der Waals surface area contributed by atoms with Crippen LogP contribution < -0.4 is 0 Å². The third kappa shape index (κ3) is 16.7. The van der Waals surface area contributed by atoms with Crippen molar-refractivity contribution in [3.8, 4) is 0 Å². The van der Waals surface area contributed by atoms with Gasteiger partial charge < -0.3 is 0 Å². The molecule has 10 heteroatoms. The first-order valence-corrected chi connectivity index (χ1v) is 16.5. The summed E-state index contributed by atoms with van der Waals surface area (Å²) in [5.74, 6) is -0.768. The van der Waals surface area contributed by atoms with E-state index in [4.69, 9.17) is 20.9 Å². The summed E-state index contributed by atoms with van der Waals surface area (Å²) in [4.78, 5) is 21.1. The Hall–Kier alpha value is -0.881. The van der Waals surface area contributed by atoms with Crippen molar-refractivity contribution in [1.82, 2.24) is 0 Å². The van der Waals surface area contributed by atoms with Gasteiger partial charge in [0.1, 0.15) is 0 Å². The zero-order valence-electron chi connectivity index (χ0n) is 16.9. The van der Waals surface area contributed by atoms with Crippen LogP contribution in [0.1, 0.15) is 11.1 Å². The maximum absolute atomic E-state index is 10.9. The molecular weight excluding hydrogens is 625 g/mol. The van der Waals surface area contributed by atoms with E-state index in [0.29, 0.717) is 0 Å². The van der Waals surface area contributed by atoms with Crippen LogP contribution in [0.25, 0.3) is 0 Å². The second-order valence-electron chi connectivity index (χ2n) is 5.73. The van der Waals surface area contributed by atoms with Crippen molar-refractivity contribution in [3.63, 3.8) is 0 Å². The normalized spacial score (nSPS) is 11.6. The van der Waals surface area contributed by atoms with Gasteiger partial charge in [-0.1, -0.05) is 0 Å². The fraction of sp³-hybridized carbons (Fsp3) is 0.182. The number of carboxylic acids is 1. The van der Waals surface area contributed by atoms with E-state index in [0.717, 1.165) is 10.6 Å². The van der Waals surface area contributed by atoms with E-state index in [1.807, 2.05) is 48.5 Å². The molecule has 2 rings (SSSR count). The molecule has 32 heavy (non-hydrogen) atoms. The molecule has 0 aromatic heterocycles. The number of hydrogen-bond acceptors (Lipinski definition) is 3. The molecule has 0 bridgehead atoms. The smallest absolute Gasteiger partial charge is 0.211 e. The van der Waals surface area contributed by atoms with Crippen LogP contribution in [-0.4, -0.2) is 50.4 Å². The Bertz CT molecular complexity index is 785. The molecular formula is C22H23Cl3O4SSe2. The molecule has 0 amide bonds. The minimum absolute atomic E-state index is 0.0505. The van der Waals surface area contributed by atoms with Gasteiger partial charge in [0.05, 0.1) is 0 Å². The van der Waals surface area contributed by atoms with E-state index in [1.54, 1.807) is 6.08 Å². The number of benzene rings is 2. The molecule has 2 unspecified atom stereocenters. The second kappa shape index (κ2) is 19.6. The molecule has 0 heterocycles. The van der Waals surface area contributed by atoms with Crippen molar-refractivity contribution in [2.45, 2.75) is 20.3 Å².